The van der Waals surface area contributed by atoms with Crippen LogP contribution >= 0.6 is 0 Å². The molecule has 68 valence electrons. The van der Waals surface area contributed by atoms with Gasteiger partial charge < -0.3 is 0 Å². The maximum absolute atomic E-state index is 3.74. The van der Waals surface area contributed by atoms with Crippen LogP contribution in [-0.4, -0.2) is 0 Å². The van der Waals surface area contributed by atoms with E-state index in [4.69, 9.17) is 0 Å². The van der Waals surface area contributed by atoms with Gasteiger partial charge in [0.05, 0.1) is 0 Å². The van der Waals surface area contributed by atoms with Crippen molar-refractivity contribution in [1.29, 1.82) is 0 Å². The van der Waals surface area contributed by atoms with E-state index in [1.54, 1.807) is 0 Å². The van der Waals surface area contributed by atoms with Crippen LogP contribution in [0, 0.1) is 13.8 Å². The second kappa shape index (κ2) is 4.08. The van der Waals surface area contributed by atoms with Gasteiger partial charge in [-0.05, 0) is 31.9 Å². The zero-order chi connectivity index (χ0) is 9.84. The lowest BCUT2D eigenvalue weighted by Crippen LogP contribution is -1.82. The van der Waals surface area contributed by atoms with Gasteiger partial charge >= 0.3 is 0 Å². The third-order valence-electron chi connectivity index (χ3n) is 2.14. The molecule has 0 nitrogen and oxygen atoms in total. The Bertz CT molecular complexity index is 343. The Hall–Kier alpha value is -1.30. The van der Waals surface area contributed by atoms with Gasteiger partial charge in [-0.15, -0.1) is 0 Å². The molecule has 0 aliphatic rings. The highest BCUT2D eigenvalue weighted by Gasteiger charge is 1.94. The van der Waals surface area contributed by atoms with Gasteiger partial charge in [-0.25, -0.2) is 0 Å². The first-order chi connectivity index (χ1) is 6.13. The Balaban J connectivity index is 3.13. The Kier molecular flexibility index (Phi) is 3.07. The van der Waals surface area contributed by atoms with Crippen molar-refractivity contribution in [3.8, 4) is 0 Å². The summed E-state index contributed by atoms with van der Waals surface area (Å²) in [5, 5.41) is 0. The van der Waals surface area contributed by atoms with Crippen molar-refractivity contribution in [2.24, 2.45) is 0 Å². The number of benzene rings is 1. The van der Waals surface area contributed by atoms with Crippen molar-refractivity contribution in [2.75, 3.05) is 0 Å². The summed E-state index contributed by atoms with van der Waals surface area (Å²) >= 11 is 0. The largest absolute Gasteiger partial charge is 0.0988 e. The van der Waals surface area contributed by atoms with Crippen molar-refractivity contribution in [3.05, 3.63) is 53.1 Å². The van der Waals surface area contributed by atoms with Crippen molar-refractivity contribution in [3.63, 3.8) is 0 Å². The maximum atomic E-state index is 3.74. The molecule has 13 heavy (non-hydrogen) atoms. The smallest absolute Gasteiger partial charge is 0.0222 e. The molecule has 0 heterocycles. The van der Waals surface area contributed by atoms with Crippen molar-refractivity contribution < 1.29 is 0 Å². The van der Waals surface area contributed by atoms with Gasteiger partial charge in [-0.1, -0.05) is 48.1 Å². The van der Waals surface area contributed by atoms with E-state index in [1.165, 1.54) is 22.3 Å². The molecular formula is C13H16. The van der Waals surface area contributed by atoms with E-state index < -0.39 is 0 Å². The number of aryl methyl sites for hydroxylation is 2. The second-order valence-corrected chi connectivity index (χ2v) is 3.45. The lowest BCUT2D eigenvalue weighted by molar-refractivity contribution is 1.37. The fraction of sp³-hybridized carbons (Fsp3) is 0.231. The van der Waals surface area contributed by atoms with Crippen molar-refractivity contribution >= 4 is 6.08 Å². The number of allylic oxidation sites excluding steroid dienone is 2. The fourth-order valence-electron chi connectivity index (χ4n) is 1.22. The zero-order valence-corrected chi connectivity index (χ0v) is 8.59. The second-order valence-electron chi connectivity index (χ2n) is 3.45. The van der Waals surface area contributed by atoms with Gasteiger partial charge in [-0.2, -0.15) is 0 Å². The SMILES string of the molecule is C=C/C(C)=C/c1cc(C)ccc1C. The first-order valence-corrected chi connectivity index (χ1v) is 4.51. The monoisotopic (exact) mass is 172 g/mol. The Morgan fingerprint density at radius 1 is 1.31 bits per heavy atom. The molecule has 0 aromatic heterocycles. The van der Waals surface area contributed by atoms with Crippen LogP contribution in [0.1, 0.15) is 23.6 Å². The molecule has 0 amide bonds. The summed E-state index contributed by atoms with van der Waals surface area (Å²) in [4.78, 5) is 0. The summed E-state index contributed by atoms with van der Waals surface area (Å²) in [5.74, 6) is 0. The number of hydrogen-bond acceptors (Lipinski definition) is 0. The van der Waals surface area contributed by atoms with Gasteiger partial charge in [0.25, 0.3) is 0 Å². The van der Waals surface area contributed by atoms with Gasteiger partial charge in [-0.3, -0.25) is 0 Å². The van der Waals surface area contributed by atoms with Crippen LogP contribution in [0.15, 0.2) is 36.4 Å². The van der Waals surface area contributed by atoms with Gasteiger partial charge in [0.2, 0.25) is 0 Å². The van der Waals surface area contributed by atoms with E-state index >= 15 is 0 Å². The summed E-state index contributed by atoms with van der Waals surface area (Å²) in [5.41, 5.74) is 5.10. The minimum atomic E-state index is 1.20. The summed E-state index contributed by atoms with van der Waals surface area (Å²) in [6.45, 7) is 10.0. The van der Waals surface area contributed by atoms with E-state index in [9.17, 15) is 0 Å². The Morgan fingerprint density at radius 2 is 2.00 bits per heavy atom. The summed E-state index contributed by atoms with van der Waals surface area (Å²) in [7, 11) is 0. The molecule has 0 unspecified atom stereocenters. The van der Waals surface area contributed by atoms with E-state index in [1.807, 2.05) is 6.08 Å². The molecule has 0 saturated carbocycles. The molecule has 0 fully saturated rings. The first-order valence-electron chi connectivity index (χ1n) is 4.51. The van der Waals surface area contributed by atoms with E-state index in [0.717, 1.165) is 0 Å². The minimum Gasteiger partial charge on any atom is -0.0988 e. The molecule has 0 aliphatic heterocycles. The van der Waals surface area contributed by atoms with Crippen LogP contribution in [0.5, 0.6) is 0 Å². The zero-order valence-electron chi connectivity index (χ0n) is 8.59. The Labute approximate surface area is 80.6 Å². The lowest BCUT2D eigenvalue weighted by atomic mass is 10.0. The molecule has 0 bridgehead atoms. The van der Waals surface area contributed by atoms with Crippen LogP contribution in [0.2, 0.25) is 0 Å². The molecular weight excluding hydrogens is 156 g/mol. The van der Waals surface area contributed by atoms with Crippen molar-refractivity contribution in [1.82, 2.24) is 0 Å². The van der Waals surface area contributed by atoms with Crippen LogP contribution in [0.4, 0.5) is 0 Å². The predicted octanol–water partition coefficient (Wildman–Crippen LogP) is 3.89. The van der Waals surface area contributed by atoms with Crippen LogP contribution in [0.25, 0.3) is 6.08 Å². The molecule has 0 heteroatoms. The molecule has 0 aliphatic carbocycles. The Morgan fingerprint density at radius 3 is 2.62 bits per heavy atom. The highest BCUT2D eigenvalue weighted by atomic mass is 14.0. The highest BCUT2D eigenvalue weighted by molar-refractivity contribution is 5.58. The molecule has 0 radical (unpaired) electrons. The minimum absolute atomic E-state index is 1.20. The molecule has 1 rings (SSSR count). The summed E-state index contributed by atoms with van der Waals surface area (Å²) in [6.07, 6.45) is 4.04. The standard InChI is InChI=1S/C13H16/c1-5-10(2)8-13-9-11(3)6-7-12(13)4/h5-9H,1H2,2-4H3/b10-8+. The van der Waals surface area contributed by atoms with Crippen LogP contribution in [0.3, 0.4) is 0 Å². The number of rotatable bonds is 2. The van der Waals surface area contributed by atoms with E-state index in [-0.39, 0.29) is 0 Å². The molecule has 1 aromatic carbocycles. The van der Waals surface area contributed by atoms with Crippen molar-refractivity contribution in [2.45, 2.75) is 20.8 Å². The van der Waals surface area contributed by atoms with E-state index in [0.29, 0.717) is 0 Å². The normalized spacial score (nSPS) is 11.5. The van der Waals surface area contributed by atoms with E-state index in [2.05, 4.69) is 51.6 Å². The van der Waals surface area contributed by atoms with Gasteiger partial charge in [0.15, 0.2) is 0 Å². The summed E-state index contributed by atoms with van der Waals surface area (Å²) in [6, 6.07) is 6.48. The average molecular weight is 172 g/mol. The first kappa shape index (κ1) is 9.79. The third-order valence-corrected chi connectivity index (χ3v) is 2.14. The molecule has 1 aromatic rings. The molecule has 0 atom stereocenters. The summed E-state index contributed by atoms with van der Waals surface area (Å²) < 4.78 is 0. The quantitative estimate of drug-likeness (QED) is 0.594. The van der Waals surface area contributed by atoms with Crippen LogP contribution in [-0.2, 0) is 0 Å². The van der Waals surface area contributed by atoms with Gasteiger partial charge in [0, 0.05) is 0 Å². The predicted molar refractivity (Wildman–Crippen MR) is 59.8 cm³/mol. The highest BCUT2D eigenvalue weighted by Crippen LogP contribution is 2.14. The van der Waals surface area contributed by atoms with Gasteiger partial charge in [0.1, 0.15) is 0 Å². The fourth-order valence-corrected chi connectivity index (χ4v) is 1.22. The number of hydrogen-bond donors (Lipinski definition) is 0. The molecule has 0 N–H and O–H groups in total. The third kappa shape index (κ3) is 2.59. The molecule has 0 saturated heterocycles. The maximum Gasteiger partial charge on any atom is -0.0222 e. The average Bonchev–Trinajstić information content (AvgIpc) is 2.11. The topological polar surface area (TPSA) is 0 Å². The molecule has 0 spiro atoms. The van der Waals surface area contributed by atoms with Crippen LogP contribution < -0.4 is 0 Å². The lowest BCUT2D eigenvalue weighted by Gasteiger charge is -2.02.